The van der Waals surface area contributed by atoms with Gasteiger partial charge in [-0.1, -0.05) is 23.4 Å². The molecule has 2 heterocycles. The van der Waals surface area contributed by atoms with Gasteiger partial charge in [0.2, 0.25) is 6.39 Å². The normalized spacial score (nSPS) is 19.4. The Hall–Kier alpha value is -1.88. The Labute approximate surface area is 106 Å². The molecule has 1 atom stereocenters. The Bertz CT molecular complexity index is 511. The van der Waals surface area contributed by atoms with Crippen LogP contribution >= 0.6 is 0 Å². The number of hydrogen-bond donors (Lipinski definition) is 1. The summed E-state index contributed by atoms with van der Waals surface area (Å²) in [6.07, 6.45) is 1.38. The standard InChI is InChI=1S/C13H16N4O/c1-10-7-17(8-13-15-9-18-16-13)12-5-3-2-4-11(12)6-14-10/h2-5,9-10,14H,6-8H2,1H3. The first kappa shape index (κ1) is 11.2. The average molecular weight is 244 g/mol. The van der Waals surface area contributed by atoms with Crippen LogP contribution in [-0.4, -0.2) is 22.7 Å². The van der Waals surface area contributed by atoms with E-state index in [1.165, 1.54) is 17.6 Å². The number of nitrogens with one attached hydrogen (secondary N) is 1. The molecule has 0 spiro atoms. The molecule has 2 aromatic rings. The van der Waals surface area contributed by atoms with Crippen molar-refractivity contribution >= 4 is 5.69 Å². The van der Waals surface area contributed by atoms with Crippen molar-refractivity contribution in [2.24, 2.45) is 0 Å². The van der Waals surface area contributed by atoms with Gasteiger partial charge in [0.05, 0.1) is 6.54 Å². The predicted octanol–water partition coefficient (Wildman–Crippen LogP) is 1.57. The minimum atomic E-state index is 0.435. The van der Waals surface area contributed by atoms with Crippen LogP contribution in [0, 0.1) is 0 Å². The molecule has 0 radical (unpaired) electrons. The van der Waals surface area contributed by atoms with E-state index >= 15 is 0 Å². The number of benzene rings is 1. The minimum Gasteiger partial charge on any atom is -0.362 e. The number of anilines is 1. The Morgan fingerprint density at radius 1 is 1.44 bits per heavy atom. The molecule has 0 bridgehead atoms. The lowest BCUT2D eigenvalue weighted by Crippen LogP contribution is -2.35. The van der Waals surface area contributed by atoms with E-state index in [0.29, 0.717) is 12.6 Å². The molecule has 3 rings (SSSR count). The molecule has 5 heteroatoms. The summed E-state index contributed by atoms with van der Waals surface area (Å²) in [5.74, 6) is 0.721. The van der Waals surface area contributed by atoms with E-state index in [4.69, 9.17) is 4.52 Å². The second-order valence-electron chi connectivity index (χ2n) is 4.64. The third kappa shape index (κ3) is 2.22. The van der Waals surface area contributed by atoms with Crippen LogP contribution in [-0.2, 0) is 13.1 Å². The van der Waals surface area contributed by atoms with E-state index in [9.17, 15) is 0 Å². The zero-order valence-electron chi connectivity index (χ0n) is 10.3. The molecule has 5 nitrogen and oxygen atoms in total. The molecule has 0 fully saturated rings. The fourth-order valence-corrected chi connectivity index (χ4v) is 2.33. The second kappa shape index (κ2) is 4.78. The lowest BCUT2D eigenvalue weighted by atomic mass is 10.1. The van der Waals surface area contributed by atoms with Gasteiger partial charge in [0, 0.05) is 24.8 Å². The molecule has 0 saturated carbocycles. The SMILES string of the molecule is CC1CN(Cc2ncon2)c2ccccc2CN1. The van der Waals surface area contributed by atoms with Gasteiger partial charge < -0.3 is 14.7 Å². The van der Waals surface area contributed by atoms with Crippen molar-refractivity contribution in [1.82, 2.24) is 15.5 Å². The fourth-order valence-electron chi connectivity index (χ4n) is 2.33. The highest BCUT2D eigenvalue weighted by molar-refractivity contribution is 5.54. The van der Waals surface area contributed by atoms with Gasteiger partial charge >= 0.3 is 0 Å². The zero-order valence-corrected chi connectivity index (χ0v) is 10.3. The van der Waals surface area contributed by atoms with Crippen LogP contribution in [0.15, 0.2) is 35.2 Å². The Kier molecular flexibility index (Phi) is 2.98. The summed E-state index contributed by atoms with van der Waals surface area (Å²) >= 11 is 0. The van der Waals surface area contributed by atoms with Crippen molar-refractivity contribution in [1.29, 1.82) is 0 Å². The molecule has 0 amide bonds. The van der Waals surface area contributed by atoms with Gasteiger partial charge in [-0.05, 0) is 18.6 Å². The Morgan fingerprint density at radius 3 is 3.17 bits per heavy atom. The Balaban J connectivity index is 1.91. The number of para-hydroxylation sites is 1. The summed E-state index contributed by atoms with van der Waals surface area (Å²) in [4.78, 5) is 6.40. The van der Waals surface area contributed by atoms with Crippen molar-refractivity contribution < 1.29 is 4.52 Å². The van der Waals surface area contributed by atoms with Crippen LogP contribution in [0.2, 0.25) is 0 Å². The highest BCUT2D eigenvalue weighted by Crippen LogP contribution is 2.24. The van der Waals surface area contributed by atoms with Crippen molar-refractivity contribution in [3.63, 3.8) is 0 Å². The van der Waals surface area contributed by atoms with E-state index in [2.05, 4.69) is 51.5 Å². The molecular formula is C13H16N4O. The van der Waals surface area contributed by atoms with E-state index in [1.54, 1.807) is 0 Å². The summed E-state index contributed by atoms with van der Waals surface area (Å²) in [7, 11) is 0. The number of nitrogens with zero attached hydrogens (tertiary/aromatic N) is 3. The molecule has 0 aliphatic carbocycles. The maximum absolute atomic E-state index is 4.80. The lowest BCUT2D eigenvalue weighted by molar-refractivity contribution is 0.409. The highest BCUT2D eigenvalue weighted by atomic mass is 16.5. The van der Waals surface area contributed by atoms with Gasteiger partial charge in [0.25, 0.3) is 0 Å². The summed E-state index contributed by atoms with van der Waals surface area (Å²) in [6, 6.07) is 8.88. The Morgan fingerprint density at radius 2 is 2.33 bits per heavy atom. The van der Waals surface area contributed by atoms with Crippen molar-refractivity contribution in [2.45, 2.75) is 26.1 Å². The van der Waals surface area contributed by atoms with Gasteiger partial charge in [0.1, 0.15) is 0 Å². The molecule has 1 aromatic carbocycles. The van der Waals surface area contributed by atoms with E-state index < -0.39 is 0 Å². The first-order valence-corrected chi connectivity index (χ1v) is 6.14. The van der Waals surface area contributed by atoms with Crippen molar-refractivity contribution in [3.05, 3.63) is 42.0 Å². The maximum atomic E-state index is 4.80. The number of fused-ring (bicyclic) bond motifs is 1. The third-order valence-electron chi connectivity index (χ3n) is 3.21. The summed E-state index contributed by atoms with van der Waals surface area (Å²) in [6.45, 7) is 4.71. The monoisotopic (exact) mass is 244 g/mol. The van der Waals surface area contributed by atoms with Crippen LogP contribution in [0.4, 0.5) is 5.69 Å². The first-order chi connectivity index (χ1) is 8.83. The molecule has 18 heavy (non-hydrogen) atoms. The molecular weight excluding hydrogens is 228 g/mol. The quantitative estimate of drug-likeness (QED) is 0.869. The van der Waals surface area contributed by atoms with Gasteiger partial charge in [-0.15, -0.1) is 0 Å². The first-order valence-electron chi connectivity index (χ1n) is 6.14. The van der Waals surface area contributed by atoms with Gasteiger partial charge in [-0.3, -0.25) is 0 Å². The number of aromatic nitrogens is 2. The topological polar surface area (TPSA) is 54.2 Å². The molecule has 0 saturated heterocycles. The zero-order chi connectivity index (χ0) is 12.4. The highest BCUT2D eigenvalue weighted by Gasteiger charge is 2.19. The third-order valence-corrected chi connectivity index (χ3v) is 3.21. The second-order valence-corrected chi connectivity index (χ2v) is 4.64. The number of rotatable bonds is 2. The molecule has 94 valence electrons. The van der Waals surface area contributed by atoms with E-state index in [0.717, 1.165) is 18.9 Å². The van der Waals surface area contributed by atoms with Crippen LogP contribution in [0.25, 0.3) is 0 Å². The van der Waals surface area contributed by atoms with E-state index in [1.807, 2.05) is 0 Å². The summed E-state index contributed by atoms with van der Waals surface area (Å²) in [5.41, 5.74) is 2.56. The average Bonchev–Trinajstić information content (AvgIpc) is 2.83. The summed E-state index contributed by atoms with van der Waals surface area (Å²) < 4.78 is 4.80. The van der Waals surface area contributed by atoms with Crippen molar-refractivity contribution in [3.8, 4) is 0 Å². The summed E-state index contributed by atoms with van der Waals surface area (Å²) in [5, 5.41) is 7.40. The van der Waals surface area contributed by atoms with Crippen LogP contribution in [0.5, 0.6) is 0 Å². The van der Waals surface area contributed by atoms with Crippen LogP contribution in [0.3, 0.4) is 0 Å². The van der Waals surface area contributed by atoms with Crippen molar-refractivity contribution in [2.75, 3.05) is 11.4 Å². The van der Waals surface area contributed by atoms with Gasteiger partial charge in [0.15, 0.2) is 5.82 Å². The van der Waals surface area contributed by atoms with Gasteiger partial charge in [-0.2, -0.15) is 4.98 Å². The molecule has 1 N–H and O–H groups in total. The van der Waals surface area contributed by atoms with Gasteiger partial charge in [-0.25, -0.2) is 0 Å². The van der Waals surface area contributed by atoms with Crippen LogP contribution < -0.4 is 10.2 Å². The molecule has 1 unspecified atom stereocenters. The van der Waals surface area contributed by atoms with Crippen LogP contribution in [0.1, 0.15) is 18.3 Å². The maximum Gasteiger partial charge on any atom is 0.213 e. The smallest absolute Gasteiger partial charge is 0.213 e. The van der Waals surface area contributed by atoms with E-state index in [-0.39, 0.29) is 0 Å². The minimum absolute atomic E-state index is 0.435. The largest absolute Gasteiger partial charge is 0.362 e. The molecule has 1 aromatic heterocycles. The molecule has 1 aliphatic rings. The molecule has 1 aliphatic heterocycles. The number of hydrogen-bond acceptors (Lipinski definition) is 5. The fraction of sp³-hybridized carbons (Fsp3) is 0.385. The lowest BCUT2D eigenvalue weighted by Gasteiger charge is -2.24. The predicted molar refractivity (Wildman–Crippen MR) is 68.1 cm³/mol.